The standard InChI is InChI=1S/2C31H27F2N5O2/c2*1-19-30(26-5-3-4-8-35-26)37-28-15-21(32)14-25(33)29(28)31(19)36-27-16-22(38-9-11-40-12-10-38)6-7-24(27)20-13-23(39-2)18-34-17-20/h2*3-8,13-18H,9-12H2,1-2H3,(H,36,37). The highest BCUT2D eigenvalue weighted by Crippen LogP contribution is 2.43. The maximum Gasteiger partial charge on any atom is 0.137 e. The SMILES string of the molecule is COc1cncc(-c2ccc(N3CCOCC3)cc2Nc2c(C)c(-c3ccccn3)nc3cc(F)cc(F)c23)c1.COc1cncc(-c2ccc(N3CCOCC3)cc2Nc2c(C)c(-c3ccccn3)nc3cc(F)cc(F)c23)c1. The molecular formula is C62H54F4N10O4. The summed E-state index contributed by atoms with van der Waals surface area (Å²) in [5, 5.41) is 7.42. The second-order valence-electron chi connectivity index (χ2n) is 19.0. The summed E-state index contributed by atoms with van der Waals surface area (Å²) < 4.78 is 81.5. The molecule has 12 rings (SSSR count). The predicted molar refractivity (Wildman–Crippen MR) is 304 cm³/mol. The molecule has 80 heavy (non-hydrogen) atoms. The molecule has 2 aliphatic heterocycles. The van der Waals surface area contributed by atoms with Crippen LogP contribution in [-0.2, 0) is 9.47 Å². The van der Waals surface area contributed by atoms with E-state index in [4.69, 9.17) is 18.9 Å². The summed E-state index contributed by atoms with van der Waals surface area (Å²) in [5.41, 5.74) is 11.8. The summed E-state index contributed by atoms with van der Waals surface area (Å²) >= 11 is 0. The van der Waals surface area contributed by atoms with Gasteiger partial charge in [0.05, 0.1) is 109 Å². The fourth-order valence-electron chi connectivity index (χ4n) is 10.1. The molecule has 6 aromatic heterocycles. The number of nitrogens with one attached hydrogen (secondary N) is 2. The zero-order valence-electron chi connectivity index (χ0n) is 44.2. The van der Waals surface area contributed by atoms with Gasteiger partial charge in [-0.3, -0.25) is 19.9 Å². The first-order valence-corrected chi connectivity index (χ1v) is 25.9. The van der Waals surface area contributed by atoms with E-state index in [1.165, 1.54) is 12.1 Å². The molecule has 404 valence electrons. The lowest BCUT2D eigenvalue weighted by molar-refractivity contribution is 0.122. The van der Waals surface area contributed by atoms with Crippen LogP contribution in [0.15, 0.2) is 146 Å². The molecule has 0 spiro atoms. The van der Waals surface area contributed by atoms with Crippen LogP contribution in [0.1, 0.15) is 11.1 Å². The van der Waals surface area contributed by atoms with E-state index in [1.54, 1.807) is 51.4 Å². The van der Waals surface area contributed by atoms with E-state index in [2.05, 4.69) is 62.5 Å². The summed E-state index contributed by atoms with van der Waals surface area (Å²) in [6.07, 6.45) is 10.1. The Bertz CT molecular complexity index is 3630. The molecule has 10 aromatic rings. The van der Waals surface area contributed by atoms with Crippen LogP contribution < -0.4 is 29.9 Å². The van der Waals surface area contributed by atoms with Gasteiger partial charge in [-0.25, -0.2) is 27.5 Å². The molecule has 0 radical (unpaired) electrons. The van der Waals surface area contributed by atoms with Crippen LogP contribution in [0.5, 0.6) is 11.5 Å². The zero-order valence-corrected chi connectivity index (χ0v) is 44.2. The number of morpholine rings is 2. The second kappa shape index (κ2) is 23.4. The van der Waals surface area contributed by atoms with Gasteiger partial charge in [-0.2, -0.15) is 0 Å². The van der Waals surface area contributed by atoms with Crippen molar-refractivity contribution in [1.82, 2.24) is 29.9 Å². The highest BCUT2D eigenvalue weighted by atomic mass is 19.1. The number of aromatic nitrogens is 6. The summed E-state index contributed by atoms with van der Waals surface area (Å²) in [4.78, 5) is 31.3. The molecule has 0 amide bonds. The second-order valence-corrected chi connectivity index (χ2v) is 19.0. The van der Waals surface area contributed by atoms with E-state index in [0.29, 0.717) is 83.2 Å². The number of benzene rings is 4. The molecule has 0 bridgehead atoms. The van der Waals surface area contributed by atoms with Crippen molar-refractivity contribution < 1.29 is 36.5 Å². The van der Waals surface area contributed by atoms with Gasteiger partial charge in [0.1, 0.15) is 34.8 Å². The molecule has 2 N–H and O–H groups in total. The van der Waals surface area contributed by atoms with Gasteiger partial charge in [-0.05, 0) is 74.5 Å². The summed E-state index contributed by atoms with van der Waals surface area (Å²) in [6, 6.07) is 31.2. The van der Waals surface area contributed by atoms with Crippen LogP contribution in [0.25, 0.3) is 66.8 Å². The zero-order chi connectivity index (χ0) is 55.3. The molecule has 2 saturated heterocycles. The van der Waals surface area contributed by atoms with Crippen molar-refractivity contribution in [2.24, 2.45) is 0 Å². The fourth-order valence-corrected chi connectivity index (χ4v) is 10.1. The van der Waals surface area contributed by atoms with Crippen molar-refractivity contribution in [3.63, 3.8) is 0 Å². The number of methoxy groups -OCH3 is 2. The van der Waals surface area contributed by atoms with Gasteiger partial charge < -0.3 is 39.4 Å². The molecule has 14 nitrogen and oxygen atoms in total. The smallest absolute Gasteiger partial charge is 0.137 e. The minimum absolute atomic E-state index is 0.195. The van der Waals surface area contributed by atoms with E-state index >= 15 is 8.78 Å². The van der Waals surface area contributed by atoms with Crippen molar-refractivity contribution in [3.8, 4) is 56.5 Å². The number of hydrogen-bond acceptors (Lipinski definition) is 14. The Morgan fingerprint density at radius 3 is 1.31 bits per heavy atom. The van der Waals surface area contributed by atoms with E-state index in [-0.39, 0.29) is 21.8 Å². The normalized spacial score (nSPS) is 13.4. The Kier molecular flexibility index (Phi) is 15.4. The Balaban J connectivity index is 0.000000169. The Labute approximate surface area is 459 Å². The Hall–Kier alpha value is -9.26. The summed E-state index contributed by atoms with van der Waals surface area (Å²) in [7, 11) is 3.18. The lowest BCUT2D eigenvalue weighted by Gasteiger charge is -2.30. The van der Waals surface area contributed by atoms with Crippen LogP contribution in [0.4, 0.5) is 51.7 Å². The van der Waals surface area contributed by atoms with Gasteiger partial charge in [-0.1, -0.05) is 24.3 Å². The van der Waals surface area contributed by atoms with Crippen molar-refractivity contribution in [2.45, 2.75) is 13.8 Å². The fraction of sp³-hybridized carbons (Fsp3) is 0.194. The van der Waals surface area contributed by atoms with Crippen LogP contribution in [0.2, 0.25) is 0 Å². The van der Waals surface area contributed by atoms with Gasteiger partial charge in [0.15, 0.2) is 0 Å². The largest absolute Gasteiger partial charge is 0.495 e. The van der Waals surface area contributed by atoms with Crippen molar-refractivity contribution in [1.29, 1.82) is 0 Å². The maximum atomic E-state index is 15.4. The third-order valence-corrected chi connectivity index (χ3v) is 14.1. The van der Waals surface area contributed by atoms with Gasteiger partial charge in [0.25, 0.3) is 0 Å². The highest BCUT2D eigenvalue weighted by Gasteiger charge is 2.24. The van der Waals surface area contributed by atoms with E-state index in [9.17, 15) is 8.78 Å². The molecule has 4 aromatic carbocycles. The number of anilines is 6. The monoisotopic (exact) mass is 1080 g/mol. The van der Waals surface area contributed by atoms with Crippen molar-refractivity contribution in [2.75, 3.05) is 87.3 Å². The first-order chi connectivity index (χ1) is 39.0. The van der Waals surface area contributed by atoms with Crippen LogP contribution in [0, 0.1) is 37.1 Å². The van der Waals surface area contributed by atoms with E-state index in [0.717, 1.165) is 83.3 Å². The first kappa shape index (κ1) is 52.8. The van der Waals surface area contributed by atoms with Crippen molar-refractivity contribution in [3.05, 3.63) is 181 Å². The third-order valence-electron chi connectivity index (χ3n) is 14.1. The van der Waals surface area contributed by atoms with Gasteiger partial charge in [0, 0.05) is 131 Å². The summed E-state index contributed by atoms with van der Waals surface area (Å²) in [6.45, 7) is 9.32. The number of halogens is 4. The average molecular weight is 1080 g/mol. The van der Waals surface area contributed by atoms with Gasteiger partial charge in [0.2, 0.25) is 0 Å². The first-order valence-electron chi connectivity index (χ1n) is 25.9. The number of nitrogens with zero attached hydrogens (tertiary/aromatic N) is 8. The van der Waals surface area contributed by atoms with Crippen LogP contribution in [-0.4, -0.2) is 96.7 Å². The topological polar surface area (TPSA) is 145 Å². The van der Waals surface area contributed by atoms with E-state index in [1.807, 2.05) is 86.6 Å². The highest BCUT2D eigenvalue weighted by molar-refractivity contribution is 6.01. The Morgan fingerprint density at radius 2 is 0.925 bits per heavy atom. The van der Waals surface area contributed by atoms with Gasteiger partial charge >= 0.3 is 0 Å². The lowest BCUT2D eigenvalue weighted by Crippen LogP contribution is -2.36. The number of fused-ring (bicyclic) bond motifs is 2. The molecule has 0 saturated carbocycles. The lowest BCUT2D eigenvalue weighted by atomic mass is 10.0. The minimum Gasteiger partial charge on any atom is -0.495 e. The summed E-state index contributed by atoms with van der Waals surface area (Å²) in [5.74, 6) is -1.56. The third kappa shape index (κ3) is 11.1. The molecule has 2 fully saturated rings. The van der Waals surface area contributed by atoms with Gasteiger partial charge in [-0.15, -0.1) is 0 Å². The van der Waals surface area contributed by atoms with E-state index < -0.39 is 23.3 Å². The molecule has 0 aliphatic carbocycles. The Morgan fingerprint density at radius 1 is 0.500 bits per heavy atom. The number of pyridine rings is 6. The molecule has 18 heteroatoms. The molecule has 8 heterocycles. The maximum absolute atomic E-state index is 15.4. The molecule has 0 unspecified atom stereocenters. The molecular weight excluding hydrogens is 1020 g/mol. The number of rotatable bonds is 12. The molecule has 2 aliphatic rings. The predicted octanol–water partition coefficient (Wildman–Crippen LogP) is 13.1. The van der Waals surface area contributed by atoms with Crippen LogP contribution >= 0.6 is 0 Å². The molecule has 0 atom stereocenters. The average Bonchev–Trinajstić information content (AvgIpc) is 3.60. The van der Waals surface area contributed by atoms with Crippen LogP contribution in [0.3, 0.4) is 0 Å². The van der Waals surface area contributed by atoms with Crippen molar-refractivity contribution >= 4 is 55.9 Å². The number of ether oxygens (including phenoxy) is 4. The number of hydrogen-bond donors (Lipinski definition) is 2. The quantitative estimate of drug-likeness (QED) is 0.112. The minimum atomic E-state index is -0.699.